The molecule has 8 heteroatoms. The second-order valence-corrected chi connectivity index (χ2v) is 6.23. The van der Waals surface area contributed by atoms with E-state index >= 15 is 0 Å². The first-order chi connectivity index (χ1) is 13.0. The first-order valence-electron chi connectivity index (χ1n) is 8.37. The maximum atomic E-state index is 12.6. The number of nitrogens with one attached hydrogen (secondary N) is 1. The van der Waals surface area contributed by atoms with Crippen LogP contribution in [0.5, 0.6) is 11.5 Å². The van der Waals surface area contributed by atoms with E-state index in [1.54, 1.807) is 36.4 Å². The zero-order valence-electron chi connectivity index (χ0n) is 14.6. The highest BCUT2D eigenvalue weighted by Gasteiger charge is 2.18. The fourth-order valence-electron chi connectivity index (χ4n) is 3.12. The van der Waals surface area contributed by atoms with Crippen molar-refractivity contribution < 1.29 is 14.9 Å². The van der Waals surface area contributed by atoms with Gasteiger partial charge in [-0.2, -0.15) is 5.10 Å². The predicted octanol–water partition coefficient (Wildman–Crippen LogP) is 1.83. The molecule has 0 fully saturated rings. The molecule has 0 spiro atoms. The minimum atomic E-state index is -0.363. The van der Waals surface area contributed by atoms with E-state index in [0.717, 1.165) is 5.56 Å². The number of benzene rings is 2. The van der Waals surface area contributed by atoms with Crippen molar-refractivity contribution in [3.8, 4) is 17.2 Å². The summed E-state index contributed by atoms with van der Waals surface area (Å²) in [6.45, 7) is 1.93. The Bertz CT molecular complexity index is 1230. The maximum Gasteiger partial charge on any atom is 0.261 e. The van der Waals surface area contributed by atoms with Crippen molar-refractivity contribution in [3.63, 3.8) is 0 Å². The minimum Gasteiger partial charge on any atom is -0.508 e. The Hall–Kier alpha value is -3.52. The molecule has 4 rings (SSSR count). The fraction of sp³-hybridized carbons (Fsp3) is 0.158. The number of nitrogens with two attached hydrogens (primary N) is 1. The molecule has 0 aliphatic rings. The molecule has 2 aromatic carbocycles. The summed E-state index contributed by atoms with van der Waals surface area (Å²) in [6.07, 6.45) is 0. The highest BCUT2D eigenvalue weighted by molar-refractivity contribution is 6.07. The highest BCUT2D eigenvalue weighted by atomic mass is 16.5. The van der Waals surface area contributed by atoms with Gasteiger partial charge in [-0.3, -0.25) is 4.79 Å². The third-order valence-corrected chi connectivity index (χ3v) is 4.42. The molecule has 0 radical (unpaired) electrons. The molecule has 0 saturated carbocycles. The first-order valence-corrected chi connectivity index (χ1v) is 8.37. The van der Waals surface area contributed by atoms with Gasteiger partial charge in [-0.15, -0.1) is 0 Å². The lowest BCUT2D eigenvalue weighted by atomic mass is 10.1. The van der Waals surface area contributed by atoms with Gasteiger partial charge in [0.15, 0.2) is 0 Å². The standard InChI is InChI=1S/C19H18N4O4/c1-10-2-3-11(25)8-15(10)23-18(20)16-17(22-23)13-5-4-12(27-7-6-24)9-14(13)21-19(16)26/h2-5,8-9,24-25H,6-7,20H2,1H3,(H,21,26). The number of nitrogen functional groups attached to an aromatic ring is 1. The Balaban J connectivity index is 1.98. The monoisotopic (exact) mass is 366 g/mol. The van der Waals surface area contributed by atoms with Gasteiger partial charge in [0.25, 0.3) is 5.56 Å². The number of hydrogen-bond acceptors (Lipinski definition) is 6. The number of nitrogens with zero attached hydrogens (tertiary/aromatic N) is 2. The summed E-state index contributed by atoms with van der Waals surface area (Å²) in [7, 11) is 0. The number of aryl methyl sites for hydroxylation is 1. The summed E-state index contributed by atoms with van der Waals surface area (Å²) in [6, 6.07) is 10.1. The topological polar surface area (TPSA) is 126 Å². The van der Waals surface area contributed by atoms with E-state index in [0.29, 0.717) is 27.9 Å². The van der Waals surface area contributed by atoms with Crippen LogP contribution in [0.15, 0.2) is 41.2 Å². The van der Waals surface area contributed by atoms with Gasteiger partial charge in [-0.1, -0.05) is 6.07 Å². The number of fused-ring (bicyclic) bond motifs is 3. The molecular weight excluding hydrogens is 348 g/mol. The smallest absolute Gasteiger partial charge is 0.261 e. The number of hydrogen-bond donors (Lipinski definition) is 4. The fourth-order valence-corrected chi connectivity index (χ4v) is 3.12. The second kappa shape index (κ2) is 6.33. The summed E-state index contributed by atoms with van der Waals surface area (Å²) < 4.78 is 6.86. The van der Waals surface area contributed by atoms with Gasteiger partial charge in [0, 0.05) is 17.5 Å². The number of aliphatic hydroxyl groups excluding tert-OH is 1. The summed E-state index contributed by atoms with van der Waals surface area (Å²) in [5, 5.41) is 24.2. The molecule has 2 heterocycles. The van der Waals surface area contributed by atoms with Gasteiger partial charge in [-0.05, 0) is 30.7 Å². The number of H-pyrrole nitrogens is 1. The normalized spacial score (nSPS) is 11.3. The Morgan fingerprint density at radius 2 is 2.07 bits per heavy atom. The lowest BCUT2D eigenvalue weighted by molar-refractivity contribution is 0.201. The Morgan fingerprint density at radius 3 is 2.85 bits per heavy atom. The molecule has 0 unspecified atom stereocenters. The van der Waals surface area contributed by atoms with Crippen LogP contribution in [0.2, 0.25) is 0 Å². The third-order valence-electron chi connectivity index (χ3n) is 4.42. The molecule has 0 aliphatic carbocycles. The number of rotatable bonds is 4. The molecular formula is C19H18N4O4. The molecule has 27 heavy (non-hydrogen) atoms. The van der Waals surface area contributed by atoms with Crippen LogP contribution in [0, 0.1) is 6.92 Å². The molecule has 0 amide bonds. The van der Waals surface area contributed by atoms with E-state index in [2.05, 4.69) is 10.1 Å². The van der Waals surface area contributed by atoms with Crippen molar-refractivity contribution in [3.05, 3.63) is 52.3 Å². The lowest BCUT2D eigenvalue weighted by Crippen LogP contribution is -2.09. The molecule has 0 saturated heterocycles. The van der Waals surface area contributed by atoms with E-state index in [-0.39, 0.29) is 35.7 Å². The van der Waals surface area contributed by atoms with Gasteiger partial charge in [0.2, 0.25) is 0 Å². The van der Waals surface area contributed by atoms with E-state index in [1.807, 2.05) is 6.92 Å². The largest absolute Gasteiger partial charge is 0.508 e. The van der Waals surface area contributed by atoms with Crippen LogP contribution >= 0.6 is 0 Å². The van der Waals surface area contributed by atoms with Gasteiger partial charge < -0.3 is 25.7 Å². The summed E-state index contributed by atoms with van der Waals surface area (Å²) in [5.74, 6) is 0.809. The Morgan fingerprint density at radius 1 is 1.26 bits per heavy atom. The van der Waals surface area contributed by atoms with Crippen molar-refractivity contribution in [1.82, 2.24) is 14.8 Å². The zero-order valence-corrected chi connectivity index (χ0v) is 14.6. The first kappa shape index (κ1) is 16.9. The van der Waals surface area contributed by atoms with E-state index in [1.165, 1.54) is 4.68 Å². The third kappa shape index (κ3) is 2.76. The lowest BCUT2D eigenvalue weighted by Gasteiger charge is -2.07. The van der Waals surface area contributed by atoms with Crippen molar-refractivity contribution in [1.29, 1.82) is 0 Å². The van der Waals surface area contributed by atoms with Crippen LogP contribution in [0.4, 0.5) is 5.82 Å². The van der Waals surface area contributed by atoms with Crippen LogP contribution in [-0.2, 0) is 0 Å². The maximum absolute atomic E-state index is 12.6. The zero-order chi connectivity index (χ0) is 19.1. The average molecular weight is 366 g/mol. The molecule has 138 valence electrons. The number of aromatic amines is 1. The SMILES string of the molecule is Cc1ccc(O)cc1-n1nc2c(c1N)c(=O)[nH]c1cc(OCCO)ccc12. The quantitative estimate of drug-likeness (QED) is 0.436. The van der Waals surface area contributed by atoms with Crippen LogP contribution in [0.25, 0.3) is 27.5 Å². The van der Waals surface area contributed by atoms with E-state index < -0.39 is 0 Å². The molecule has 5 N–H and O–H groups in total. The van der Waals surface area contributed by atoms with Crippen LogP contribution < -0.4 is 16.0 Å². The number of phenolic OH excluding ortho intramolecular Hbond substituents is 1. The van der Waals surface area contributed by atoms with Crippen molar-refractivity contribution in [2.75, 3.05) is 18.9 Å². The Kier molecular flexibility index (Phi) is 3.97. The van der Waals surface area contributed by atoms with E-state index in [4.69, 9.17) is 15.6 Å². The summed E-state index contributed by atoms with van der Waals surface area (Å²) >= 11 is 0. The van der Waals surface area contributed by atoms with Gasteiger partial charge >= 0.3 is 0 Å². The van der Waals surface area contributed by atoms with Crippen LogP contribution in [0.1, 0.15) is 5.56 Å². The van der Waals surface area contributed by atoms with Gasteiger partial charge in [0.05, 0.1) is 17.8 Å². The highest BCUT2D eigenvalue weighted by Crippen LogP contribution is 2.30. The van der Waals surface area contributed by atoms with Gasteiger partial charge in [0.1, 0.15) is 34.8 Å². The molecule has 0 bridgehead atoms. The van der Waals surface area contributed by atoms with Crippen molar-refractivity contribution in [2.45, 2.75) is 6.92 Å². The number of aromatic nitrogens is 3. The number of aliphatic hydroxyl groups is 1. The Labute approximate surface area is 153 Å². The number of phenols is 1. The number of anilines is 1. The molecule has 0 aliphatic heterocycles. The molecule has 2 aromatic heterocycles. The predicted molar refractivity (Wildman–Crippen MR) is 103 cm³/mol. The second-order valence-electron chi connectivity index (χ2n) is 6.23. The van der Waals surface area contributed by atoms with Crippen LogP contribution in [-0.4, -0.2) is 38.2 Å². The molecule has 8 nitrogen and oxygen atoms in total. The van der Waals surface area contributed by atoms with E-state index in [9.17, 15) is 9.90 Å². The van der Waals surface area contributed by atoms with Crippen molar-refractivity contribution in [2.24, 2.45) is 0 Å². The average Bonchev–Trinajstić information content (AvgIpc) is 3.00. The number of ether oxygens (including phenoxy) is 1. The summed E-state index contributed by atoms with van der Waals surface area (Å²) in [4.78, 5) is 15.4. The summed E-state index contributed by atoms with van der Waals surface area (Å²) in [5.41, 5.74) is 8.33. The minimum absolute atomic E-state index is 0.0824. The number of aromatic hydroxyl groups is 1. The molecule has 0 atom stereocenters. The van der Waals surface area contributed by atoms with Crippen molar-refractivity contribution >= 4 is 27.6 Å². The van der Waals surface area contributed by atoms with Gasteiger partial charge in [-0.25, -0.2) is 4.68 Å². The molecule has 4 aromatic rings. The van der Waals surface area contributed by atoms with Crippen LogP contribution in [0.3, 0.4) is 0 Å². The number of pyridine rings is 1.